The normalized spacial score (nSPS) is 22.1. The van der Waals surface area contributed by atoms with E-state index in [1.54, 1.807) is 18.0 Å². The summed E-state index contributed by atoms with van der Waals surface area (Å²) >= 11 is 0. The van der Waals surface area contributed by atoms with E-state index in [9.17, 15) is 4.79 Å². The predicted octanol–water partition coefficient (Wildman–Crippen LogP) is 2.65. The first-order chi connectivity index (χ1) is 14.1. The molecule has 1 aromatic carbocycles. The smallest absolute Gasteiger partial charge is 0.225 e. The summed E-state index contributed by atoms with van der Waals surface area (Å²) in [5.74, 6) is 1.41. The summed E-state index contributed by atoms with van der Waals surface area (Å²) in [6.45, 7) is 5.21. The fraction of sp³-hybridized carbons (Fsp3) is 0.273. The van der Waals surface area contributed by atoms with Gasteiger partial charge in [0.25, 0.3) is 0 Å². The van der Waals surface area contributed by atoms with Crippen LogP contribution in [-0.2, 0) is 10.3 Å². The number of hydrogen-bond acceptors (Lipinski definition) is 6. The van der Waals surface area contributed by atoms with Crippen LogP contribution in [0.5, 0.6) is 5.75 Å². The number of fused-ring (bicyclic) bond motifs is 2. The molecular weight excluding hydrogens is 366 g/mol. The number of ether oxygens (including phenoxy) is 1. The van der Waals surface area contributed by atoms with E-state index < -0.39 is 5.54 Å². The minimum Gasteiger partial charge on any atom is -0.490 e. The van der Waals surface area contributed by atoms with Crippen LogP contribution in [0.1, 0.15) is 23.6 Å². The second-order valence-corrected chi connectivity index (χ2v) is 7.36. The number of carbonyl (C=O) groups excluding carboxylic acids is 1. The van der Waals surface area contributed by atoms with Gasteiger partial charge in [-0.05, 0) is 47.9 Å². The largest absolute Gasteiger partial charge is 0.490 e. The molecule has 1 amide bonds. The van der Waals surface area contributed by atoms with Crippen LogP contribution in [0.4, 0.5) is 5.69 Å². The van der Waals surface area contributed by atoms with Crippen LogP contribution in [0.15, 0.2) is 58.9 Å². The third-order valence-electron chi connectivity index (χ3n) is 5.73. The number of benzene rings is 1. The Morgan fingerprint density at radius 2 is 2.17 bits per heavy atom. The van der Waals surface area contributed by atoms with Crippen LogP contribution in [0.3, 0.4) is 0 Å². The van der Waals surface area contributed by atoms with Crippen molar-refractivity contribution < 1.29 is 9.53 Å². The standard InChI is InChI=1S/C22H21N5O2/c1-15-13-23-8-6-18(15)22(14-25-21-24-7-3-9-27(21)22)17-4-5-20-19(12-17)26(16(2)28)10-11-29-20/h3-9,12-13H,10-11,14H2,1-2H3. The first-order valence-corrected chi connectivity index (χ1v) is 9.62. The highest BCUT2D eigenvalue weighted by Gasteiger charge is 2.47. The number of aliphatic imine (C=N–C) groups is 2. The van der Waals surface area contributed by atoms with Crippen molar-refractivity contribution in [3.8, 4) is 5.75 Å². The summed E-state index contributed by atoms with van der Waals surface area (Å²) in [7, 11) is 0. The summed E-state index contributed by atoms with van der Waals surface area (Å²) in [5.41, 5.74) is 3.45. The lowest BCUT2D eigenvalue weighted by molar-refractivity contribution is -0.116. The molecule has 1 aromatic heterocycles. The Kier molecular flexibility index (Phi) is 3.97. The molecule has 0 N–H and O–H groups in total. The monoisotopic (exact) mass is 387 g/mol. The SMILES string of the molecule is CC(=O)N1CCOc2ccc(C3(c4ccncc4C)CN=C4N=CC=CN43)cc21. The molecule has 2 aromatic rings. The molecule has 1 unspecified atom stereocenters. The van der Waals surface area contributed by atoms with Gasteiger partial charge in [-0.1, -0.05) is 6.07 Å². The van der Waals surface area contributed by atoms with E-state index in [1.165, 1.54) is 0 Å². The van der Waals surface area contributed by atoms with Crippen molar-refractivity contribution in [1.82, 2.24) is 9.88 Å². The lowest BCUT2D eigenvalue weighted by Gasteiger charge is -2.40. The van der Waals surface area contributed by atoms with Gasteiger partial charge in [0.05, 0.1) is 18.8 Å². The number of carbonyl (C=O) groups is 1. The Hall–Kier alpha value is -3.48. The van der Waals surface area contributed by atoms with Crippen molar-refractivity contribution in [3.63, 3.8) is 0 Å². The second kappa shape index (κ2) is 6.55. The van der Waals surface area contributed by atoms with E-state index >= 15 is 0 Å². The first kappa shape index (κ1) is 17.6. The number of guanidine groups is 1. The Morgan fingerprint density at radius 1 is 1.28 bits per heavy atom. The van der Waals surface area contributed by atoms with Gasteiger partial charge in [0.15, 0.2) is 0 Å². The van der Waals surface area contributed by atoms with Crippen molar-refractivity contribution in [1.29, 1.82) is 0 Å². The Bertz CT molecular complexity index is 1090. The fourth-order valence-corrected chi connectivity index (χ4v) is 4.38. The molecule has 29 heavy (non-hydrogen) atoms. The van der Waals surface area contributed by atoms with Crippen molar-refractivity contribution in [2.24, 2.45) is 9.98 Å². The quantitative estimate of drug-likeness (QED) is 0.794. The minimum atomic E-state index is -0.564. The zero-order valence-corrected chi connectivity index (χ0v) is 16.4. The lowest BCUT2D eigenvalue weighted by atomic mass is 9.80. The van der Waals surface area contributed by atoms with Gasteiger partial charge in [0.1, 0.15) is 17.9 Å². The van der Waals surface area contributed by atoms with Gasteiger partial charge < -0.3 is 14.5 Å². The van der Waals surface area contributed by atoms with Crippen LogP contribution in [0.25, 0.3) is 0 Å². The molecule has 0 aliphatic carbocycles. The third kappa shape index (κ3) is 2.57. The predicted molar refractivity (Wildman–Crippen MR) is 111 cm³/mol. The van der Waals surface area contributed by atoms with Crippen LogP contribution < -0.4 is 9.64 Å². The van der Waals surface area contributed by atoms with Crippen LogP contribution in [0.2, 0.25) is 0 Å². The minimum absolute atomic E-state index is 0.00618. The van der Waals surface area contributed by atoms with Gasteiger partial charge in [0.2, 0.25) is 11.9 Å². The molecule has 0 bridgehead atoms. The maximum Gasteiger partial charge on any atom is 0.225 e. The molecular formula is C22H21N5O2. The van der Waals surface area contributed by atoms with Gasteiger partial charge in [-0.3, -0.25) is 9.78 Å². The average molecular weight is 387 g/mol. The number of anilines is 1. The van der Waals surface area contributed by atoms with E-state index in [-0.39, 0.29) is 5.91 Å². The van der Waals surface area contributed by atoms with Crippen molar-refractivity contribution in [2.45, 2.75) is 19.4 Å². The first-order valence-electron chi connectivity index (χ1n) is 9.62. The zero-order chi connectivity index (χ0) is 20.0. The van der Waals surface area contributed by atoms with Gasteiger partial charge in [0, 0.05) is 31.7 Å². The van der Waals surface area contributed by atoms with Gasteiger partial charge in [-0.25, -0.2) is 9.98 Å². The van der Waals surface area contributed by atoms with Crippen LogP contribution in [0, 0.1) is 6.92 Å². The maximum atomic E-state index is 12.2. The Balaban J connectivity index is 1.73. The van der Waals surface area contributed by atoms with Gasteiger partial charge >= 0.3 is 0 Å². The highest BCUT2D eigenvalue weighted by Crippen LogP contribution is 2.45. The average Bonchev–Trinajstić information content (AvgIpc) is 3.13. The summed E-state index contributed by atoms with van der Waals surface area (Å²) < 4.78 is 5.81. The van der Waals surface area contributed by atoms with Gasteiger partial charge in [-0.2, -0.15) is 0 Å². The Morgan fingerprint density at radius 3 is 3.00 bits per heavy atom. The highest BCUT2D eigenvalue weighted by molar-refractivity contribution is 5.97. The molecule has 1 atom stereocenters. The van der Waals surface area contributed by atoms with E-state index in [0.717, 1.165) is 28.1 Å². The van der Waals surface area contributed by atoms with Crippen LogP contribution in [-0.4, -0.2) is 47.7 Å². The number of allylic oxidation sites excluding steroid dienone is 1. The van der Waals surface area contributed by atoms with E-state index in [1.807, 2.05) is 36.8 Å². The molecule has 0 spiro atoms. The summed E-state index contributed by atoms with van der Waals surface area (Å²) in [4.78, 5) is 29.6. The van der Waals surface area contributed by atoms with Crippen molar-refractivity contribution in [3.05, 3.63) is 65.6 Å². The number of rotatable bonds is 2. The van der Waals surface area contributed by atoms with E-state index in [4.69, 9.17) is 9.73 Å². The maximum absolute atomic E-state index is 12.2. The molecule has 0 saturated heterocycles. The molecule has 0 fully saturated rings. The number of pyridine rings is 1. The molecule has 3 aliphatic rings. The van der Waals surface area contributed by atoms with Crippen molar-refractivity contribution in [2.75, 3.05) is 24.6 Å². The molecule has 4 heterocycles. The van der Waals surface area contributed by atoms with Crippen LogP contribution >= 0.6 is 0 Å². The topological polar surface area (TPSA) is 70.4 Å². The second-order valence-electron chi connectivity index (χ2n) is 7.36. The van der Waals surface area contributed by atoms with E-state index in [0.29, 0.717) is 25.7 Å². The highest BCUT2D eigenvalue weighted by atomic mass is 16.5. The lowest BCUT2D eigenvalue weighted by Crippen LogP contribution is -2.46. The third-order valence-corrected chi connectivity index (χ3v) is 5.73. The number of hydrogen-bond donors (Lipinski definition) is 0. The summed E-state index contributed by atoms with van der Waals surface area (Å²) in [6.07, 6.45) is 9.36. The number of aromatic nitrogens is 1. The van der Waals surface area contributed by atoms with Crippen molar-refractivity contribution >= 4 is 23.8 Å². The fourth-order valence-electron chi connectivity index (χ4n) is 4.38. The van der Waals surface area contributed by atoms with Gasteiger partial charge in [-0.15, -0.1) is 0 Å². The zero-order valence-electron chi connectivity index (χ0n) is 16.4. The summed E-state index contributed by atoms with van der Waals surface area (Å²) in [6, 6.07) is 8.11. The van der Waals surface area contributed by atoms with E-state index in [2.05, 4.69) is 33.9 Å². The Labute approximate surface area is 169 Å². The molecule has 0 saturated carbocycles. The molecule has 5 rings (SSSR count). The molecule has 0 radical (unpaired) electrons. The molecule has 146 valence electrons. The summed E-state index contributed by atoms with van der Waals surface area (Å²) in [5, 5.41) is 0. The molecule has 7 nitrogen and oxygen atoms in total. The molecule has 7 heteroatoms. The molecule has 3 aliphatic heterocycles. The number of amides is 1. The number of aryl methyl sites for hydroxylation is 1. The number of nitrogens with zero attached hydrogens (tertiary/aromatic N) is 5.